The van der Waals surface area contributed by atoms with Crippen molar-refractivity contribution in [2.24, 2.45) is 5.11 Å². The molecule has 124 valence electrons. The van der Waals surface area contributed by atoms with Gasteiger partial charge in [0.05, 0.1) is 32.0 Å². The number of azide groups is 1. The highest BCUT2D eigenvalue weighted by molar-refractivity contribution is 5.15. The number of hydrogen-bond acceptors (Lipinski definition) is 5. The largest absolute Gasteiger partial charge is 0.375 e. The minimum absolute atomic E-state index is 0.0809. The van der Waals surface area contributed by atoms with Crippen molar-refractivity contribution in [3.63, 3.8) is 0 Å². The third-order valence-electron chi connectivity index (χ3n) is 4.52. The van der Waals surface area contributed by atoms with Crippen molar-refractivity contribution < 1.29 is 18.9 Å². The smallest absolute Gasteiger partial charge is 0.147 e. The van der Waals surface area contributed by atoms with E-state index in [1.54, 1.807) is 7.11 Å². The molecule has 2 bridgehead atoms. The first-order chi connectivity index (χ1) is 11.2. The molecule has 0 N–H and O–H groups in total. The number of nitrogens with zero attached hydrogens (tertiary/aromatic N) is 3. The van der Waals surface area contributed by atoms with Gasteiger partial charge in [-0.2, -0.15) is 0 Å². The van der Waals surface area contributed by atoms with Crippen LogP contribution in [-0.2, 0) is 25.6 Å². The number of methoxy groups -OCH3 is 1. The molecule has 2 heterocycles. The Kier molecular flexibility index (Phi) is 4.84. The Balaban J connectivity index is 1.72. The lowest BCUT2D eigenvalue weighted by atomic mass is 9.93. The van der Waals surface area contributed by atoms with Crippen LogP contribution in [0.3, 0.4) is 0 Å². The fraction of sp³-hybridized carbons (Fsp3) is 0.625. The number of fused-ring (bicyclic) bond motifs is 2. The molecule has 0 aromatic heterocycles. The maximum atomic E-state index is 8.58. The van der Waals surface area contributed by atoms with E-state index in [2.05, 4.69) is 10.0 Å². The van der Waals surface area contributed by atoms with Gasteiger partial charge in [0.2, 0.25) is 0 Å². The molecule has 1 aromatic rings. The summed E-state index contributed by atoms with van der Waals surface area (Å²) in [5.74, 6) is 0. The quantitative estimate of drug-likeness (QED) is 0.439. The van der Waals surface area contributed by atoms with Crippen molar-refractivity contribution in [2.45, 2.75) is 43.5 Å². The molecule has 1 aromatic carbocycles. The lowest BCUT2D eigenvalue weighted by molar-refractivity contribution is -0.201. The van der Waals surface area contributed by atoms with E-state index in [1.165, 1.54) is 0 Å². The molecule has 5 atom stereocenters. The monoisotopic (exact) mass is 319 g/mol. The van der Waals surface area contributed by atoms with Crippen molar-refractivity contribution in [1.82, 2.24) is 0 Å². The number of rotatable bonds is 7. The van der Waals surface area contributed by atoms with Gasteiger partial charge in [-0.3, -0.25) is 0 Å². The summed E-state index contributed by atoms with van der Waals surface area (Å²) in [5, 5.41) is 3.64. The molecule has 0 amide bonds. The van der Waals surface area contributed by atoms with Gasteiger partial charge in [-0.15, -0.1) is 0 Å². The van der Waals surface area contributed by atoms with Crippen molar-refractivity contribution in [3.05, 3.63) is 46.3 Å². The number of benzene rings is 1. The van der Waals surface area contributed by atoms with E-state index in [0.717, 1.165) is 5.56 Å². The van der Waals surface area contributed by atoms with E-state index >= 15 is 0 Å². The van der Waals surface area contributed by atoms with E-state index in [1.807, 2.05) is 37.3 Å². The van der Waals surface area contributed by atoms with Crippen LogP contribution in [0, 0.1) is 0 Å². The van der Waals surface area contributed by atoms with Gasteiger partial charge >= 0.3 is 0 Å². The second kappa shape index (κ2) is 6.86. The van der Waals surface area contributed by atoms with Crippen LogP contribution < -0.4 is 0 Å². The van der Waals surface area contributed by atoms with E-state index in [9.17, 15) is 0 Å². The van der Waals surface area contributed by atoms with Crippen LogP contribution >= 0.6 is 0 Å². The summed E-state index contributed by atoms with van der Waals surface area (Å²) >= 11 is 0. The Hall–Kier alpha value is -1.63. The van der Waals surface area contributed by atoms with Gasteiger partial charge in [0.1, 0.15) is 17.8 Å². The second-order valence-electron chi connectivity index (χ2n) is 5.92. The van der Waals surface area contributed by atoms with E-state index in [4.69, 9.17) is 24.5 Å². The molecule has 2 aliphatic heterocycles. The minimum atomic E-state index is -0.734. The predicted molar refractivity (Wildman–Crippen MR) is 82.8 cm³/mol. The van der Waals surface area contributed by atoms with Gasteiger partial charge in [0.15, 0.2) is 0 Å². The van der Waals surface area contributed by atoms with Crippen LogP contribution in [0.15, 0.2) is 35.4 Å². The Morgan fingerprint density at radius 1 is 1.35 bits per heavy atom. The third kappa shape index (κ3) is 2.94. The summed E-state index contributed by atoms with van der Waals surface area (Å²) < 4.78 is 23.6. The van der Waals surface area contributed by atoms with Gasteiger partial charge < -0.3 is 18.9 Å². The molecule has 2 fully saturated rings. The molecular weight excluding hydrogens is 298 g/mol. The molecule has 2 aliphatic rings. The fourth-order valence-electron chi connectivity index (χ4n) is 3.50. The first kappa shape index (κ1) is 16.2. The molecule has 0 saturated carbocycles. The van der Waals surface area contributed by atoms with Crippen LogP contribution in [-0.4, -0.2) is 50.3 Å². The maximum Gasteiger partial charge on any atom is 0.147 e. The molecule has 0 spiro atoms. The Morgan fingerprint density at radius 2 is 2.13 bits per heavy atom. The fourth-order valence-corrected chi connectivity index (χ4v) is 3.50. The first-order valence-corrected chi connectivity index (χ1v) is 7.70. The van der Waals surface area contributed by atoms with Crippen LogP contribution in [0.2, 0.25) is 0 Å². The maximum absolute atomic E-state index is 8.58. The summed E-state index contributed by atoms with van der Waals surface area (Å²) in [5.41, 5.74) is 8.93. The third-order valence-corrected chi connectivity index (χ3v) is 4.52. The van der Waals surface area contributed by atoms with Crippen molar-refractivity contribution in [3.8, 4) is 0 Å². The molecule has 23 heavy (non-hydrogen) atoms. The van der Waals surface area contributed by atoms with Crippen molar-refractivity contribution in [1.29, 1.82) is 0 Å². The van der Waals surface area contributed by atoms with Gasteiger partial charge in [-0.05, 0) is 18.0 Å². The molecule has 7 nitrogen and oxygen atoms in total. The van der Waals surface area contributed by atoms with E-state index in [0.29, 0.717) is 13.2 Å². The zero-order valence-electron chi connectivity index (χ0n) is 13.3. The molecule has 2 saturated heterocycles. The molecule has 7 heteroatoms. The zero-order chi connectivity index (χ0) is 16.3. The van der Waals surface area contributed by atoms with Crippen LogP contribution in [0.5, 0.6) is 0 Å². The SMILES string of the molecule is CO[C@H]1[C@H]2OC(CN=[N+]=[N-])[C@]1(COCc1ccccc1)O[C@H]2C. The zero-order valence-corrected chi connectivity index (χ0v) is 13.3. The van der Waals surface area contributed by atoms with Crippen molar-refractivity contribution >= 4 is 0 Å². The lowest BCUT2D eigenvalue weighted by Crippen LogP contribution is -2.53. The highest BCUT2D eigenvalue weighted by Gasteiger charge is 2.65. The standard InChI is InChI=1S/C16H21N3O4/c1-11-14-15(20-2)16(23-11,13(22-14)8-18-19-17)10-21-9-12-6-4-3-5-7-12/h3-7,11,13-15H,8-10H2,1-2H3/t11-,13?,14-,15-,16-/m0/s1. The Labute approximate surface area is 135 Å². The van der Waals surface area contributed by atoms with Gasteiger partial charge in [0, 0.05) is 12.0 Å². The Morgan fingerprint density at radius 3 is 2.83 bits per heavy atom. The second-order valence-corrected chi connectivity index (χ2v) is 5.92. The first-order valence-electron chi connectivity index (χ1n) is 7.70. The average molecular weight is 319 g/mol. The number of hydrogen-bond donors (Lipinski definition) is 0. The molecule has 0 aliphatic carbocycles. The van der Waals surface area contributed by atoms with Crippen LogP contribution in [0.1, 0.15) is 12.5 Å². The lowest BCUT2D eigenvalue weighted by Gasteiger charge is -2.36. The number of ether oxygens (including phenoxy) is 4. The Bertz CT molecular complexity index is 578. The molecular formula is C16H21N3O4. The topological polar surface area (TPSA) is 85.7 Å². The van der Waals surface area contributed by atoms with Gasteiger partial charge in [-0.25, -0.2) is 0 Å². The highest BCUT2D eigenvalue weighted by atomic mass is 16.7. The summed E-state index contributed by atoms with van der Waals surface area (Å²) in [6.45, 7) is 2.97. The minimum Gasteiger partial charge on any atom is -0.375 e. The van der Waals surface area contributed by atoms with Gasteiger partial charge in [0.25, 0.3) is 0 Å². The average Bonchev–Trinajstić information content (AvgIpc) is 3.01. The normalized spacial score (nSPS) is 35.2. The summed E-state index contributed by atoms with van der Waals surface area (Å²) in [6.07, 6.45) is -0.839. The van der Waals surface area contributed by atoms with E-state index < -0.39 is 5.60 Å². The summed E-state index contributed by atoms with van der Waals surface area (Å²) in [6, 6.07) is 9.94. The van der Waals surface area contributed by atoms with Crippen LogP contribution in [0.4, 0.5) is 0 Å². The predicted octanol–water partition coefficient (Wildman–Crippen LogP) is 2.45. The van der Waals surface area contributed by atoms with E-state index in [-0.39, 0.29) is 31.0 Å². The summed E-state index contributed by atoms with van der Waals surface area (Å²) in [4.78, 5) is 2.82. The van der Waals surface area contributed by atoms with Crippen LogP contribution in [0.25, 0.3) is 10.4 Å². The van der Waals surface area contributed by atoms with Gasteiger partial charge in [-0.1, -0.05) is 35.4 Å². The highest BCUT2D eigenvalue weighted by Crippen LogP contribution is 2.46. The van der Waals surface area contributed by atoms with Crippen molar-refractivity contribution in [2.75, 3.05) is 20.3 Å². The molecule has 3 rings (SSSR count). The molecule has 0 radical (unpaired) electrons. The molecule has 1 unspecified atom stereocenters. The summed E-state index contributed by atoms with van der Waals surface area (Å²) in [7, 11) is 1.64.